The maximum atomic E-state index is 14.0. The Hall–Kier alpha value is -2.02. The van der Waals surface area contributed by atoms with Gasteiger partial charge < -0.3 is 10.1 Å². The lowest BCUT2D eigenvalue weighted by Crippen LogP contribution is -2.57. The van der Waals surface area contributed by atoms with Crippen LogP contribution in [0.4, 0.5) is 10.1 Å². The van der Waals surface area contributed by atoms with E-state index in [1.165, 1.54) is 22.7 Å². The molecule has 1 aromatic rings. The van der Waals surface area contributed by atoms with Gasteiger partial charge >= 0.3 is 0 Å². The molecule has 1 aromatic carbocycles. The van der Waals surface area contributed by atoms with Crippen molar-refractivity contribution in [3.8, 4) is 0 Å². The van der Waals surface area contributed by atoms with Gasteiger partial charge in [-0.15, -0.1) is 11.8 Å². The van der Waals surface area contributed by atoms with Gasteiger partial charge in [0.15, 0.2) is 6.73 Å². The molecule has 27 heavy (non-hydrogen) atoms. The van der Waals surface area contributed by atoms with Crippen molar-refractivity contribution in [2.45, 2.75) is 58.8 Å². The molecule has 1 unspecified atom stereocenters. The zero-order valence-corrected chi connectivity index (χ0v) is 17.5. The predicted octanol–water partition coefficient (Wildman–Crippen LogP) is 4.43. The maximum Gasteiger partial charge on any atom is 0.267 e. The molecule has 1 aliphatic rings. The largest absolute Gasteiger partial charge is 0.476 e. The molecule has 0 fully saturated rings. The molecular weight excluding hydrogens is 367 g/mol. The minimum Gasteiger partial charge on any atom is -0.476 e. The average Bonchev–Trinajstić information content (AvgIpc) is 2.61. The number of halogens is 1. The minimum absolute atomic E-state index is 0.0219. The van der Waals surface area contributed by atoms with Crippen LogP contribution in [0.15, 0.2) is 28.9 Å². The third-order valence-corrected chi connectivity index (χ3v) is 6.10. The first kappa shape index (κ1) is 21.3. The van der Waals surface area contributed by atoms with Gasteiger partial charge in [-0.25, -0.2) is 4.39 Å². The molecule has 2 amide bonds. The number of rotatable bonds is 6. The number of benzene rings is 1. The maximum absolute atomic E-state index is 14.0. The van der Waals surface area contributed by atoms with Crippen molar-refractivity contribution in [2.24, 2.45) is 0 Å². The first-order valence-corrected chi connectivity index (χ1v) is 9.85. The number of ether oxygens (including phenoxy) is 1. The van der Waals surface area contributed by atoms with Gasteiger partial charge in [-0.1, -0.05) is 19.9 Å². The highest BCUT2D eigenvalue weighted by Crippen LogP contribution is 2.34. The average molecular weight is 395 g/mol. The highest BCUT2D eigenvalue weighted by molar-refractivity contribution is 8.04. The third kappa shape index (κ3) is 4.64. The molecule has 1 atom stereocenters. The quantitative estimate of drug-likeness (QED) is 0.775. The van der Waals surface area contributed by atoms with Gasteiger partial charge in [0.2, 0.25) is 5.91 Å². The van der Waals surface area contributed by atoms with Gasteiger partial charge in [-0.05, 0) is 51.8 Å². The van der Waals surface area contributed by atoms with Gasteiger partial charge in [0.25, 0.3) is 5.91 Å². The Morgan fingerprint density at radius 3 is 2.70 bits per heavy atom. The SMILES string of the molecule is CCC(C)SC1=C(C)OCN(C(C)(C)C(=O)Nc2cc(C)ccc2F)C1=O. The van der Waals surface area contributed by atoms with E-state index >= 15 is 0 Å². The van der Waals surface area contributed by atoms with E-state index in [2.05, 4.69) is 5.32 Å². The van der Waals surface area contributed by atoms with E-state index in [-0.39, 0.29) is 23.6 Å². The van der Waals surface area contributed by atoms with Crippen molar-refractivity contribution in [1.82, 2.24) is 4.90 Å². The van der Waals surface area contributed by atoms with Crippen LogP contribution < -0.4 is 5.32 Å². The van der Waals surface area contributed by atoms with E-state index in [4.69, 9.17) is 4.74 Å². The molecule has 0 aliphatic carbocycles. The van der Waals surface area contributed by atoms with Crippen LogP contribution in [0.5, 0.6) is 0 Å². The molecule has 5 nitrogen and oxygen atoms in total. The monoisotopic (exact) mass is 394 g/mol. The van der Waals surface area contributed by atoms with Crippen molar-refractivity contribution >= 4 is 29.3 Å². The second-order valence-electron chi connectivity index (χ2n) is 7.23. The van der Waals surface area contributed by atoms with Crippen LogP contribution in [-0.2, 0) is 14.3 Å². The van der Waals surface area contributed by atoms with Crippen molar-refractivity contribution in [3.05, 3.63) is 40.2 Å². The van der Waals surface area contributed by atoms with Crippen LogP contribution in [-0.4, -0.2) is 34.2 Å². The zero-order chi connectivity index (χ0) is 20.4. The summed E-state index contributed by atoms with van der Waals surface area (Å²) in [6.45, 7) is 10.9. The summed E-state index contributed by atoms with van der Waals surface area (Å²) in [6, 6.07) is 4.50. The number of anilines is 1. The Bertz CT molecular complexity index is 776. The van der Waals surface area contributed by atoms with Crippen LogP contribution in [0, 0.1) is 12.7 Å². The first-order valence-electron chi connectivity index (χ1n) is 8.97. The smallest absolute Gasteiger partial charge is 0.267 e. The fourth-order valence-electron chi connectivity index (χ4n) is 2.52. The number of hydrogen-bond donors (Lipinski definition) is 1. The predicted molar refractivity (Wildman–Crippen MR) is 107 cm³/mol. The Morgan fingerprint density at radius 1 is 1.41 bits per heavy atom. The standard InChI is InChI=1S/C20H27FN2O3S/c1-7-13(3)27-17-14(4)26-11-23(18(17)24)20(5,6)19(25)22-16-10-12(2)8-9-15(16)21/h8-10,13H,7,11H2,1-6H3,(H,22,25). The Labute approximate surface area is 164 Å². The van der Waals surface area contributed by atoms with Crippen molar-refractivity contribution < 1.29 is 18.7 Å². The van der Waals surface area contributed by atoms with Crippen molar-refractivity contribution in [3.63, 3.8) is 0 Å². The highest BCUT2D eigenvalue weighted by Gasteiger charge is 2.42. The van der Waals surface area contributed by atoms with Crippen LogP contribution in [0.2, 0.25) is 0 Å². The normalized spacial score (nSPS) is 16.3. The van der Waals surface area contributed by atoms with Crippen LogP contribution >= 0.6 is 11.8 Å². The summed E-state index contributed by atoms with van der Waals surface area (Å²) >= 11 is 1.45. The van der Waals surface area contributed by atoms with Gasteiger partial charge in [0, 0.05) is 5.25 Å². The molecule has 0 saturated carbocycles. The molecule has 1 heterocycles. The molecule has 1 aliphatic heterocycles. The molecule has 0 aromatic heterocycles. The fraction of sp³-hybridized carbons (Fsp3) is 0.500. The molecule has 0 spiro atoms. The zero-order valence-electron chi connectivity index (χ0n) is 16.7. The molecule has 0 saturated heterocycles. The number of amides is 2. The second kappa shape index (κ2) is 8.33. The molecule has 148 valence electrons. The Balaban J connectivity index is 2.23. The van der Waals surface area contributed by atoms with Crippen LogP contribution in [0.3, 0.4) is 0 Å². The molecule has 7 heteroatoms. The summed E-state index contributed by atoms with van der Waals surface area (Å²) < 4.78 is 19.7. The van der Waals surface area contributed by atoms with Gasteiger partial charge in [0.1, 0.15) is 22.0 Å². The molecule has 2 rings (SSSR count). The number of carbonyl (C=O) groups is 2. The third-order valence-electron chi connectivity index (χ3n) is 4.66. The second-order valence-corrected chi connectivity index (χ2v) is 8.67. The number of nitrogens with one attached hydrogen (secondary N) is 1. The Kier molecular flexibility index (Phi) is 6.57. The number of aryl methyl sites for hydroxylation is 1. The van der Waals surface area contributed by atoms with E-state index < -0.39 is 17.3 Å². The van der Waals surface area contributed by atoms with E-state index in [9.17, 15) is 14.0 Å². The van der Waals surface area contributed by atoms with Gasteiger partial charge in [-0.3, -0.25) is 14.5 Å². The van der Waals surface area contributed by atoms with E-state index in [1.54, 1.807) is 32.9 Å². The summed E-state index contributed by atoms with van der Waals surface area (Å²) in [5, 5.41) is 2.85. The fourth-order valence-corrected chi connectivity index (χ4v) is 3.53. The topological polar surface area (TPSA) is 58.6 Å². The van der Waals surface area contributed by atoms with Crippen LogP contribution in [0.1, 0.15) is 46.6 Å². The van der Waals surface area contributed by atoms with Gasteiger partial charge in [-0.2, -0.15) is 0 Å². The number of allylic oxidation sites excluding steroid dienone is 1. The van der Waals surface area contributed by atoms with Crippen LogP contribution in [0.25, 0.3) is 0 Å². The number of thioether (sulfide) groups is 1. The molecular formula is C20H27FN2O3S. The molecule has 0 bridgehead atoms. The highest BCUT2D eigenvalue weighted by atomic mass is 32.2. The van der Waals surface area contributed by atoms with Crippen molar-refractivity contribution in [2.75, 3.05) is 12.0 Å². The lowest BCUT2D eigenvalue weighted by Gasteiger charge is -2.40. The lowest BCUT2D eigenvalue weighted by molar-refractivity contribution is -0.148. The number of carbonyl (C=O) groups excluding carboxylic acids is 2. The first-order chi connectivity index (χ1) is 12.6. The minimum atomic E-state index is -1.21. The summed E-state index contributed by atoms with van der Waals surface area (Å²) in [6.07, 6.45) is 0.908. The van der Waals surface area contributed by atoms with Crippen molar-refractivity contribution in [1.29, 1.82) is 0 Å². The molecule has 1 N–H and O–H groups in total. The summed E-state index contributed by atoms with van der Waals surface area (Å²) in [7, 11) is 0. The van der Waals surface area contributed by atoms with E-state index in [0.717, 1.165) is 12.0 Å². The summed E-state index contributed by atoms with van der Waals surface area (Å²) in [5.74, 6) is -0.664. The Morgan fingerprint density at radius 2 is 2.07 bits per heavy atom. The summed E-state index contributed by atoms with van der Waals surface area (Å²) in [5.41, 5.74) is -0.290. The molecule has 0 radical (unpaired) electrons. The lowest BCUT2D eigenvalue weighted by atomic mass is 10.0. The number of hydrogen-bond acceptors (Lipinski definition) is 4. The van der Waals surface area contributed by atoms with E-state index in [0.29, 0.717) is 10.7 Å². The summed E-state index contributed by atoms with van der Waals surface area (Å²) in [4.78, 5) is 27.8. The van der Waals surface area contributed by atoms with E-state index in [1.807, 2.05) is 20.8 Å². The number of nitrogens with zero attached hydrogens (tertiary/aromatic N) is 1. The van der Waals surface area contributed by atoms with Gasteiger partial charge in [0.05, 0.1) is 5.69 Å².